The molecule has 0 fully saturated rings. The summed E-state index contributed by atoms with van der Waals surface area (Å²) in [5.74, 6) is -1.94. The molecule has 0 aliphatic carbocycles. The number of rotatable bonds is 5. The summed E-state index contributed by atoms with van der Waals surface area (Å²) >= 11 is 0. The average Bonchev–Trinajstić information content (AvgIpc) is 2.45. The number of nitrogens with one attached hydrogen (secondary N) is 1. The first-order valence-corrected chi connectivity index (χ1v) is 5.91. The number of nitrogens with zero attached hydrogens (tertiary/aromatic N) is 1. The standard InChI is InChI=1S/C14H11FN2O4/c15-10-4-9(6-16-7-10)14(20)17-11-2-1-3-12(5-11)21-8-13(18)19/h1-7H,8H2,(H,17,20)(H,18,19). The third-order valence-electron chi connectivity index (χ3n) is 2.42. The summed E-state index contributed by atoms with van der Waals surface area (Å²) < 4.78 is 18.0. The highest BCUT2D eigenvalue weighted by molar-refractivity contribution is 6.04. The number of halogens is 1. The lowest BCUT2D eigenvalue weighted by Gasteiger charge is -2.08. The lowest BCUT2D eigenvalue weighted by Crippen LogP contribution is -2.13. The number of benzene rings is 1. The van der Waals surface area contributed by atoms with Gasteiger partial charge in [-0.15, -0.1) is 0 Å². The van der Waals surface area contributed by atoms with Gasteiger partial charge in [0.2, 0.25) is 0 Å². The van der Waals surface area contributed by atoms with Crippen molar-refractivity contribution < 1.29 is 23.8 Å². The Morgan fingerprint density at radius 1 is 1.29 bits per heavy atom. The summed E-state index contributed by atoms with van der Waals surface area (Å²) in [4.78, 5) is 25.9. The number of aliphatic carboxylic acids is 1. The van der Waals surface area contributed by atoms with Crippen LogP contribution in [0.4, 0.5) is 10.1 Å². The van der Waals surface area contributed by atoms with E-state index in [1.165, 1.54) is 12.3 Å². The van der Waals surface area contributed by atoms with E-state index in [4.69, 9.17) is 9.84 Å². The molecule has 0 saturated heterocycles. The number of hydrogen-bond acceptors (Lipinski definition) is 4. The number of carboxylic acid groups (broad SMARTS) is 1. The van der Waals surface area contributed by atoms with E-state index in [1.807, 2.05) is 0 Å². The minimum Gasteiger partial charge on any atom is -0.482 e. The number of pyridine rings is 1. The second-order valence-corrected chi connectivity index (χ2v) is 4.06. The Kier molecular flexibility index (Phi) is 4.45. The molecule has 2 N–H and O–H groups in total. The van der Waals surface area contributed by atoms with Crippen LogP contribution in [-0.4, -0.2) is 28.6 Å². The predicted octanol–water partition coefficient (Wildman–Crippen LogP) is 1.94. The van der Waals surface area contributed by atoms with Gasteiger partial charge in [-0.25, -0.2) is 9.18 Å². The molecule has 0 atom stereocenters. The Balaban J connectivity index is 2.07. The Morgan fingerprint density at radius 3 is 2.81 bits per heavy atom. The minimum atomic E-state index is -1.10. The lowest BCUT2D eigenvalue weighted by atomic mass is 10.2. The largest absolute Gasteiger partial charge is 0.482 e. The van der Waals surface area contributed by atoms with E-state index < -0.39 is 24.3 Å². The molecule has 1 heterocycles. The fourth-order valence-corrected chi connectivity index (χ4v) is 1.55. The van der Waals surface area contributed by atoms with Crippen molar-refractivity contribution in [1.82, 2.24) is 4.98 Å². The average molecular weight is 290 g/mol. The van der Waals surface area contributed by atoms with Gasteiger partial charge in [0.1, 0.15) is 11.6 Å². The Labute approximate surface area is 119 Å². The van der Waals surface area contributed by atoms with Crippen molar-refractivity contribution >= 4 is 17.6 Å². The summed E-state index contributed by atoms with van der Waals surface area (Å²) in [5.41, 5.74) is 0.471. The highest BCUT2D eigenvalue weighted by Crippen LogP contribution is 2.18. The summed E-state index contributed by atoms with van der Waals surface area (Å²) in [6.45, 7) is -0.481. The number of aromatic nitrogens is 1. The van der Waals surface area contributed by atoms with Crippen molar-refractivity contribution in [2.75, 3.05) is 11.9 Å². The van der Waals surface area contributed by atoms with Crippen LogP contribution in [0.3, 0.4) is 0 Å². The molecule has 0 radical (unpaired) electrons. The zero-order chi connectivity index (χ0) is 15.2. The van der Waals surface area contributed by atoms with Crippen LogP contribution >= 0.6 is 0 Å². The van der Waals surface area contributed by atoms with Crippen LogP contribution in [0.5, 0.6) is 5.75 Å². The van der Waals surface area contributed by atoms with Gasteiger partial charge in [-0.05, 0) is 18.2 Å². The fraction of sp³-hybridized carbons (Fsp3) is 0.0714. The van der Waals surface area contributed by atoms with Gasteiger partial charge in [-0.1, -0.05) is 6.07 Å². The maximum Gasteiger partial charge on any atom is 0.341 e. The van der Waals surface area contributed by atoms with Crippen molar-refractivity contribution in [1.29, 1.82) is 0 Å². The van der Waals surface area contributed by atoms with Gasteiger partial charge < -0.3 is 15.2 Å². The van der Waals surface area contributed by atoms with Gasteiger partial charge in [0.05, 0.1) is 11.8 Å². The van der Waals surface area contributed by atoms with Crippen molar-refractivity contribution in [2.45, 2.75) is 0 Å². The maximum atomic E-state index is 13.0. The smallest absolute Gasteiger partial charge is 0.341 e. The second kappa shape index (κ2) is 6.47. The quantitative estimate of drug-likeness (QED) is 0.878. The van der Waals surface area contributed by atoms with E-state index >= 15 is 0 Å². The van der Waals surface area contributed by atoms with Crippen LogP contribution in [0.15, 0.2) is 42.7 Å². The van der Waals surface area contributed by atoms with Gasteiger partial charge in [0.25, 0.3) is 5.91 Å². The molecule has 108 valence electrons. The SMILES string of the molecule is O=C(O)COc1cccc(NC(=O)c2cncc(F)c2)c1. The van der Waals surface area contributed by atoms with Crippen LogP contribution in [0.25, 0.3) is 0 Å². The molecule has 0 saturated carbocycles. The first-order valence-electron chi connectivity index (χ1n) is 5.91. The molecule has 1 aromatic carbocycles. The molecule has 2 aromatic rings. The first kappa shape index (κ1) is 14.4. The molecule has 1 aromatic heterocycles. The molecule has 0 bridgehead atoms. The molecule has 6 nitrogen and oxygen atoms in total. The van der Waals surface area contributed by atoms with Crippen LogP contribution in [0.1, 0.15) is 10.4 Å². The molecule has 1 amide bonds. The number of carboxylic acids is 1. The number of amides is 1. The second-order valence-electron chi connectivity index (χ2n) is 4.06. The maximum absolute atomic E-state index is 13.0. The normalized spacial score (nSPS) is 9.95. The summed E-state index contributed by atoms with van der Waals surface area (Å²) in [6.07, 6.45) is 2.24. The van der Waals surface area contributed by atoms with E-state index in [-0.39, 0.29) is 5.56 Å². The number of ether oxygens (including phenoxy) is 1. The molecular weight excluding hydrogens is 279 g/mol. The zero-order valence-corrected chi connectivity index (χ0v) is 10.7. The van der Waals surface area contributed by atoms with E-state index in [9.17, 15) is 14.0 Å². The predicted molar refractivity (Wildman–Crippen MR) is 71.7 cm³/mol. The van der Waals surface area contributed by atoms with Crippen molar-refractivity contribution in [3.05, 3.63) is 54.1 Å². The van der Waals surface area contributed by atoms with Crippen LogP contribution < -0.4 is 10.1 Å². The minimum absolute atomic E-state index is 0.0758. The van der Waals surface area contributed by atoms with Gasteiger partial charge >= 0.3 is 5.97 Å². The number of carbonyl (C=O) groups is 2. The number of anilines is 1. The molecule has 0 aliphatic rings. The van der Waals surface area contributed by atoms with Crippen molar-refractivity contribution in [3.8, 4) is 5.75 Å². The van der Waals surface area contributed by atoms with E-state index in [1.54, 1.807) is 18.2 Å². The summed E-state index contributed by atoms with van der Waals surface area (Å²) in [6, 6.07) is 7.28. The van der Waals surface area contributed by atoms with Crippen LogP contribution in [-0.2, 0) is 4.79 Å². The Morgan fingerprint density at radius 2 is 2.10 bits per heavy atom. The third kappa shape index (κ3) is 4.27. The Hall–Kier alpha value is -2.96. The number of carbonyl (C=O) groups excluding carboxylic acids is 1. The summed E-state index contributed by atoms with van der Waals surface area (Å²) in [7, 11) is 0. The highest BCUT2D eigenvalue weighted by atomic mass is 19.1. The van der Waals surface area contributed by atoms with Crippen molar-refractivity contribution in [2.24, 2.45) is 0 Å². The van der Waals surface area contributed by atoms with Gasteiger partial charge in [-0.3, -0.25) is 9.78 Å². The van der Waals surface area contributed by atoms with Crippen LogP contribution in [0.2, 0.25) is 0 Å². The molecule has 7 heteroatoms. The Bertz CT molecular complexity index is 676. The van der Waals surface area contributed by atoms with Gasteiger partial charge in [0, 0.05) is 18.0 Å². The third-order valence-corrected chi connectivity index (χ3v) is 2.42. The highest BCUT2D eigenvalue weighted by Gasteiger charge is 2.08. The molecule has 0 spiro atoms. The monoisotopic (exact) mass is 290 g/mol. The number of hydrogen-bond donors (Lipinski definition) is 2. The molecule has 21 heavy (non-hydrogen) atoms. The zero-order valence-electron chi connectivity index (χ0n) is 10.7. The lowest BCUT2D eigenvalue weighted by molar-refractivity contribution is -0.139. The fourth-order valence-electron chi connectivity index (χ4n) is 1.55. The van der Waals surface area contributed by atoms with Crippen molar-refractivity contribution in [3.63, 3.8) is 0 Å². The summed E-state index contributed by atoms with van der Waals surface area (Å²) in [5, 5.41) is 11.1. The van der Waals surface area contributed by atoms with Gasteiger partial charge in [0.15, 0.2) is 6.61 Å². The van der Waals surface area contributed by atoms with E-state index in [0.29, 0.717) is 11.4 Å². The topological polar surface area (TPSA) is 88.5 Å². The van der Waals surface area contributed by atoms with E-state index in [0.717, 1.165) is 12.3 Å². The first-order chi connectivity index (χ1) is 10.0. The van der Waals surface area contributed by atoms with Gasteiger partial charge in [-0.2, -0.15) is 0 Å². The molecule has 0 aliphatic heterocycles. The molecule has 2 rings (SSSR count). The van der Waals surface area contributed by atoms with Crippen LogP contribution in [0, 0.1) is 5.82 Å². The van der Waals surface area contributed by atoms with E-state index in [2.05, 4.69) is 10.3 Å². The molecule has 0 unspecified atom stereocenters. The molecular formula is C14H11FN2O4.